The number of hydrogen-bond acceptors (Lipinski definition) is 2. The molecule has 0 radical (unpaired) electrons. The molecule has 0 aliphatic carbocycles. The molecule has 0 rings (SSSR count). The lowest BCUT2D eigenvalue weighted by molar-refractivity contribution is 0.705. The summed E-state index contributed by atoms with van der Waals surface area (Å²) in [5, 5.41) is 3.11. The second-order valence-electron chi connectivity index (χ2n) is 2.27. The van der Waals surface area contributed by atoms with E-state index < -0.39 is 0 Å². The van der Waals surface area contributed by atoms with Gasteiger partial charge in [0.25, 0.3) is 0 Å². The minimum absolute atomic E-state index is 0.313. The Bertz CT molecular complexity index is 168. The van der Waals surface area contributed by atoms with E-state index >= 15 is 0 Å². The van der Waals surface area contributed by atoms with Crippen molar-refractivity contribution in [3.05, 3.63) is 36.6 Å². The topological polar surface area (TPSA) is 38.0 Å². The molecule has 0 aliphatic rings. The highest BCUT2D eigenvalue weighted by Gasteiger charge is 1.99. The first-order valence-corrected chi connectivity index (χ1v) is 3.64. The van der Waals surface area contributed by atoms with Crippen LogP contribution in [-0.2, 0) is 0 Å². The Kier molecular flexibility index (Phi) is 5.21. The first kappa shape index (κ1) is 9.98. The van der Waals surface area contributed by atoms with Gasteiger partial charge in [-0.25, -0.2) is 0 Å². The fraction of sp³-hybridized carbons (Fsp3) is 0.333. The highest BCUT2D eigenvalue weighted by molar-refractivity contribution is 5.26. The predicted molar refractivity (Wildman–Crippen MR) is 50.1 cm³/mol. The Labute approximate surface area is 68.5 Å². The van der Waals surface area contributed by atoms with Crippen LogP contribution in [0.2, 0.25) is 0 Å². The summed E-state index contributed by atoms with van der Waals surface area (Å²) in [4.78, 5) is 0. The Balaban J connectivity index is 4.32. The normalized spacial score (nSPS) is 15.3. The van der Waals surface area contributed by atoms with Crippen molar-refractivity contribution in [3.63, 3.8) is 0 Å². The zero-order chi connectivity index (χ0) is 8.69. The van der Waals surface area contributed by atoms with Gasteiger partial charge in [-0.05, 0) is 31.8 Å². The monoisotopic (exact) mass is 152 g/mol. The second-order valence-corrected chi connectivity index (χ2v) is 2.27. The van der Waals surface area contributed by atoms with Crippen molar-refractivity contribution in [2.45, 2.75) is 13.0 Å². The molecule has 0 aromatic rings. The van der Waals surface area contributed by atoms with E-state index in [1.54, 1.807) is 6.08 Å². The lowest BCUT2D eigenvalue weighted by atomic mass is 10.1. The molecule has 0 spiro atoms. The van der Waals surface area contributed by atoms with Crippen LogP contribution in [0.25, 0.3) is 0 Å². The van der Waals surface area contributed by atoms with Gasteiger partial charge in [0.05, 0.1) is 0 Å². The van der Waals surface area contributed by atoms with Gasteiger partial charge in [0.1, 0.15) is 0 Å². The van der Waals surface area contributed by atoms with E-state index in [2.05, 4.69) is 18.8 Å². The molecule has 0 bridgehead atoms. The number of nitrogens with two attached hydrogens (primary N) is 1. The molecule has 0 fully saturated rings. The fourth-order valence-corrected chi connectivity index (χ4v) is 0.758. The molecule has 0 saturated carbocycles. The average Bonchev–Trinajstić information content (AvgIpc) is 2.03. The summed E-state index contributed by atoms with van der Waals surface area (Å²) in [5.74, 6) is 0. The van der Waals surface area contributed by atoms with Gasteiger partial charge in [0.15, 0.2) is 0 Å². The summed E-state index contributed by atoms with van der Waals surface area (Å²) in [6.45, 7) is 5.69. The van der Waals surface area contributed by atoms with Gasteiger partial charge in [0, 0.05) is 6.04 Å². The second kappa shape index (κ2) is 5.74. The average molecular weight is 152 g/mol. The van der Waals surface area contributed by atoms with E-state index in [-0.39, 0.29) is 0 Å². The lowest BCUT2D eigenvalue weighted by Gasteiger charge is -2.10. The van der Waals surface area contributed by atoms with Crippen LogP contribution in [0.5, 0.6) is 0 Å². The molecular formula is C9H16N2. The molecule has 1 atom stereocenters. The summed E-state index contributed by atoms with van der Waals surface area (Å²) in [7, 11) is 1.91. The number of hydrogen-bond donors (Lipinski definition) is 2. The highest BCUT2D eigenvalue weighted by Crippen LogP contribution is 2.02. The first-order valence-electron chi connectivity index (χ1n) is 3.64. The van der Waals surface area contributed by atoms with Crippen LogP contribution in [0.3, 0.4) is 0 Å². The van der Waals surface area contributed by atoms with Crippen molar-refractivity contribution in [2.75, 3.05) is 7.05 Å². The van der Waals surface area contributed by atoms with Crippen molar-refractivity contribution in [1.82, 2.24) is 5.32 Å². The molecule has 2 heteroatoms. The third-order valence-electron chi connectivity index (χ3n) is 1.53. The molecule has 11 heavy (non-hydrogen) atoms. The smallest absolute Gasteiger partial charge is 0.0289 e. The summed E-state index contributed by atoms with van der Waals surface area (Å²) < 4.78 is 0. The third kappa shape index (κ3) is 3.63. The third-order valence-corrected chi connectivity index (χ3v) is 1.53. The SMILES string of the molecule is C=C/C=C(\C=C/N)C(C)NC. The summed E-state index contributed by atoms with van der Waals surface area (Å²) >= 11 is 0. The Morgan fingerprint density at radius 1 is 1.64 bits per heavy atom. The number of allylic oxidation sites excluding steroid dienone is 2. The van der Waals surface area contributed by atoms with Crippen molar-refractivity contribution in [3.8, 4) is 0 Å². The van der Waals surface area contributed by atoms with Crippen LogP contribution >= 0.6 is 0 Å². The zero-order valence-electron chi connectivity index (χ0n) is 7.17. The minimum atomic E-state index is 0.313. The molecule has 0 aromatic heterocycles. The van der Waals surface area contributed by atoms with Crippen molar-refractivity contribution in [2.24, 2.45) is 5.73 Å². The molecule has 3 N–H and O–H groups in total. The largest absolute Gasteiger partial charge is 0.405 e. The first-order chi connectivity index (χ1) is 5.26. The molecule has 0 heterocycles. The van der Waals surface area contributed by atoms with E-state index in [1.165, 1.54) is 6.20 Å². The van der Waals surface area contributed by atoms with Gasteiger partial charge >= 0.3 is 0 Å². The number of nitrogens with one attached hydrogen (secondary N) is 1. The molecular weight excluding hydrogens is 136 g/mol. The van der Waals surface area contributed by atoms with Gasteiger partial charge in [-0.2, -0.15) is 0 Å². The van der Waals surface area contributed by atoms with Crippen molar-refractivity contribution < 1.29 is 0 Å². The standard InChI is InChI=1S/C9H16N2/c1-4-5-9(6-7-10)8(2)11-3/h4-8,11H,1,10H2,2-3H3/b7-6-,9-5+. The van der Waals surface area contributed by atoms with E-state index in [4.69, 9.17) is 5.73 Å². The maximum absolute atomic E-state index is 5.27. The van der Waals surface area contributed by atoms with Gasteiger partial charge in [-0.15, -0.1) is 0 Å². The Morgan fingerprint density at radius 2 is 2.27 bits per heavy atom. The molecule has 0 aliphatic heterocycles. The van der Waals surface area contributed by atoms with Gasteiger partial charge in [0.2, 0.25) is 0 Å². The highest BCUT2D eigenvalue weighted by atomic mass is 14.9. The van der Waals surface area contributed by atoms with Crippen molar-refractivity contribution in [1.29, 1.82) is 0 Å². The predicted octanol–water partition coefficient (Wildman–Crippen LogP) is 1.18. The van der Waals surface area contributed by atoms with Crippen LogP contribution in [0.15, 0.2) is 36.6 Å². The molecule has 0 aromatic carbocycles. The zero-order valence-corrected chi connectivity index (χ0v) is 7.17. The molecule has 62 valence electrons. The van der Waals surface area contributed by atoms with Crippen molar-refractivity contribution >= 4 is 0 Å². The minimum Gasteiger partial charge on any atom is -0.405 e. The van der Waals surface area contributed by atoms with Gasteiger partial charge < -0.3 is 11.1 Å². The van der Waals surface area contributed by atoms with Crippen LogP contribution in [0.1, 0.15) is 6.92 Å². The van der Waals surface area contributed by atoms with Crippen LogP contribution in [0, 0.1) is 0 Å². The van der Waals surface area contributed by atoms with E-state index in [0.717, 1.165) is 5.57 Å². The Morgan fingerprint density at radius 3 is 2.64 bits per heavy atom. The van der Waals surface area contributed by atoms with Crippen LogP contribution < -0.4 is 11.1 Å². The molecule has 0 saturated heterocycles. The van der Waals surface area contributed by atoms with Crippen LogP contribution in [-0.4, -0.2) is 13.1 Å². The van der Waals surface area contributed by atoms with E-state index in [1.807, 2.05) is 19.2 Å². The lowest BCUT2D eigenvalue weighted by Crippen LogP contribution is -2.22. The Hall–Kier alpha value is -1.02. The van der Waals surface area contributed by atoms with Gasteiger partial charge in [-0.3, -0.25) is 0 Å². The number of rotatable bonds is 4. The maximum atomic E-state index is 5.27. The summed E-state index contributed by atoms with van der Waals surface area (Å²) in [6, 6.07) is 0.313. The van der Waals surface area contributed by atoms with E-state index in [0.29, 0.717) is 6.04 Å². The van der Waals surface area contributed by atoms with E-state index in [9.17, 15) is 0 Å². The quantitative estimate of drug-likeness (QED) is 0.594. The molecule has 0 amide bonds. The summed E-state index contributed by atoms with van der Waals surface area (Å²) in [5.41, 5.74) is 6.40. The molecule has 2 nitrogen and oxygen atoms in total. The van der Waals surface area contributed by atoms with Gasteiger partial charge in [-0.1, -0.05) is 18.7 Å². The molecule has 1 unspecified atom stereocenters. The van der Waals surface area contributed by atoms with Crippen LogP contribution in [0.4, 0.5) is 0 Å². The fourth-order valence-electron chi connectivity index (χ4n) is 0.758. The maximum Gasteiger partial charge on any atom is 0.0289 e. The summed E-state index contributed by atoms with van der Waals surface area (Å²) in [6.07, 6.45) is 7.08. The number of likely N-dealkylation sites (N-methyl/N-ethyl adjacent to an activating group) is 1.